The molecule has 14 heavy (non-hydrogen) atoms. The van der Waals surface area contributed by atoms with Gasteiger partial charge in [0.1, 0.15) is 5.75 Å². The first-order valence-corrected chi connectivity index (χ1v) is 5.11. The largest absolute Gasteiger partial charge is 0.488 e. The Labute approximate surface area is 85.5 Å². The standard InChI is InChI=1S/C12H17NO/c1-9-4-7-11(13(2)3)12(8-9)14-10-5-6-10/h4,7-8,10H,5-6H2,1-3H3. The summed E-state index contributed by atoms with van der Waals surface area (Å²) in [5.41, 5.74) is 2.42. The topological polar surface area (TPSA) is 12.5 Å². The van der Waals surface area contributed by atoms with E-state index in [9.17, 15) is 0 Å². The summed E-state index contributed by atoms with van der Waals surface area (Å²) in [5, 5.41) is 0. The summed E-state index contributed by atoms with van der Waals surface area (Å²) in [6, 6.07) is 6.36. The van der Waals surface area contributed by atoms with Gasteiger partial charge in [0, 0.05) is 14.1 Å². The van der Waals surface area contributed by atoms with Gasteiger partial charge in [-0.2, -0.15) is 0 Å². The van der Waals surface area contributed by atoms with Crippen LogP contribution < -0.4 is 9.64 Å². The molecule has 1 fully saturated rings. The first-order valence-electron chi connectivity index (χ1n) is 5.11. The molecule has 0 saturated heterocycles. The average molecular weight is 191 g/mol. The number of nitrogens with zero attached hydrogens (tertiary/aromatic N) is 1. The van der Waals surface area contributed by atoms with Crippen molar-refractivity contribution >= 4 is 5.69 Å². The Bertz CT molecular complexity index is 329. The second-order valence-corrected chi connectivity index (χ2v) is 4.18. The number of hydrogen-bond acceptors (Lipinski definition) is 2. The van der Waals surface area contributed by atoms with Crippen molar-refractivity contribution < 1.29 is 4.74 Å². The van der Waals surface area contributed by atoms with Crippen LogP contribution in [0.3, 0.4) is 0 Å². The number of aryl methyl sites for hydroxylation is 1. The molecule has 0 aromatic heterocycles. The van der Waals surface area contributed by atoms with E-state index in [1.54, 1.807) is 0 Å². The molecule has 1 aromatic rings. The molecule has 76 valence electrons. The van der Waals surface area contributed by atoms with Crippen molar-refractivity contribution in [3.63, 3.8) is 0 Å². The summed E-state index contributed by atoms with van der Waals surface area (Å²) < 4.78 is 5.86. The quantitative estimate of drug-likeness (QED) is 0.728. The first-order chi connectivity index (χ1) is 6.66. The predicted molar refractivity (Wildman–Crippen MR) is 59.2 cm³/mol. The van der Waals surface area contributed by atoms with Crippen LogP contribution in [0.5, 0.6) is 5.75 Å². The van der Waals surface area contributed by atoms with Crippen LogP contribution in [0.1, 0.15) is 18.4 Å². The lowest BCUT2D eigenvalue weighted by Crippen LogP contribution is -2.11. The molecule has 0 aliphatic heterocycles. The fraction of sp³-hybridized carbons (Fsp3) is 0.500. The van der Waals surface area contributed by atoms with Gasteiger partial charge in [-0.15, -0.1) is 0 Å². The summed E-state index contributed by atoms with van der Waals surface area (Å²) in [4.78, 5) is 2.09. The molecular formula is C12H17NO. The van der Waals surface area contributed by atoms with Gasteiger partial charge in [-0.05, 0) is 37.5 Å². The van der Waals surface area contributed by atoms with Crippen molar-refractivity contribution in [1.82, 2.24) is 0 Å². The van der Waals surface area contributed by atoms with Crippen molar-refractivity contribution in [2.24, 2.45) is 0 Å². The van der Waals surface area contributed by atoms with E-state index in [4.69, 9.17) is 4.74 Å². The monoisotopic (exact) mass is 191 g/mol. The highest BCUT2D eigenvalue weighted by Crippen LogP contribution is 2.33. The van der Waals surface area contributed by atoms with Gasteiger partial charge >= 0.3 is 0 Å². The van der Waals surface area contributed by atoms with E-state index in [0.717, 1.165) is 5.75 Å². The third-order valence-corrected chi connectivity index (χ3v) is 2.42. The third kappa shape index (κ3) is 2.00. The van der Waals surface area contributed by atoms with E-state index >= 15 is 0 Å². The zero-order valence-electron chi connectivity index (χ0n) is 9.08. The first kappa shape index (κ1) is 9.38. The lowest BCUT2D eigenvalue weighted by Gasteiger charge is -2.18. The smallest absolute Gasteiger partial charge is 0.143 e. The second kappa shape index (κ2) is 3.52. The number of ether oxygens (including phenoxy) is 1. The predicted octanol–water partition coefficient (Wildman–Crippen LogP) is 2.60. The summed E-state index contributed by atoms with van der Waals surface area (Å²) in [6.45, 7) is 2.10. The Morgan fingerprint density at radius 3 is 2.57 bits per heavy atom. The maximum atomic E-state index is 5.86. The van der Waals surface area contributed by atoms with Crippen LogP contribution in [-0.2, 0) is 0 Å². The molecule has 1 aliphatic rings. The molecule has 1 aromatic carbocycles. The Hall–Kier alpha value is -1.18. The van der Waals surface area contributed by atoms with Gasteiger partial charge < -0.3 is 9.64 Å². The van der Waals surface area contributed by atoms with Crippen molar-refractivity contribution in [2.75, 3.05) is 19.0 Å². The van der Waals surface area contributed by atoms with Gasteiger partial charge in [0.25, 0.3) is 0 Å². The summed E-state index contributed by atoms with van der Waals surface area (Å²) in [7, 11) is 4.09. The SMILES string of the molecule is Cc1ccc(N(C)C)c(OC2CC2)c1. The van der Waals surface area contributed by atoms with Crippen molar-refractivity contribution in [3.05, 3.63) is 23.8 Å². The van der Waals surface area contributed by atoms with Crippen molar-refractivity contribution in [3.8, 4) is 5.75 Å². The van der Waals surface area contributed by atoms with E-state index in [-0.39, 0.29) is 0 Å². The molecule has 2 rings (SSSR count). The van der Waals surface area contributed by atoms with Crippen LogP contribution in [0.2, 0.25) is 0 Å². The molecule has 2 heteroatoms. The second-order valence-electron chi connectivity index (χ2n) is 4.18. The lowest BCUT2D eigenvalue weighted by atomic mass is 10.2. The van der Waals surface area contributed by atoms with E-state index < -0.39 is 0 Å². The molecule has 1 aliphatic carbocycles. The molecule has 1 saturated carbocycles. The minimum absolute atomic E-state index is 0.468. The van der Waals surface area contributed by atoms with Crippen LogP contribution >= 0.6 is 0 Å². The van der Waals surface area contributed by atoms with Crippen LogP contribution in [0.25, 0.3) is 0 Å². The Balaban J connectivity index is 2.27. The van der Waals surface area contributed by atoms with E-state index in [0.29, 0.717) is 6.10 Å². The highest BCUT2D eigenvalue weighted by atomic mass is 16.5. The van der Waals surface area contributed by atoms with Crippen LogP contribution in [0, 0.1) is 6.92 Å². The highest BCUT2D eigenvalue weighted by Gasteiger charge is 2.24. The lowest BCUT2D eigenvalue weighted by molar-refractivity contribution is 0.304. The molecule has 0 bridgehead atoms. The summed E-state index contributed by atoms with van der Waals surface area (Å²) in [5.74, 6) is 1.03. The van der Waals surface area contributed by atoms with E-state index in [2.05, 4.69) is 30.0 Å². The minimum atomic E-state index is 0.468. The van der Waals surface area contributed by atoms with Crippen molar-refractivity contribution in [1.29, 1.82) is 0 Å². The van der Waals surface area contributed by atoms with Gasteiger partial charge in [0.05, 0.1) is 11.8 Å². The van der Waals surface area contributed by atoms with Gasteiger partial charge in [-0.25, -0.2) is 0 Å². The summed E-state index contributed by atoms with van der Waals surface area (Å²) >= 11 is 0. The molecule has 0 heterocycles. The zero-order valence-corrected chi connectivity index (χ0v) is 9.08. The van der Waals surface area contributed by atoms with Gasteiger partial charge in [0.2, 0.25) is 0 Å². The zero-order chi connectivity index (χ0) is 10.1. The third-order valence-electron chi connectivity index (χ3n) is 2.42. The molecule has 0 amide bonds. The van der Waals surface area contributed by atoms with Gasteiger partial charge in [0.15, 0.2) is 0 Å². The molecule has 0 spiro atoms. The van der Waals surface area contributed by atoms with Crippen molar-refractivity contribution in [2.45, 2.75) is 25.9 Å². The normalized spacial score (nSPS) is 15.4. The molecular weight excluding hydrogens is 174 g/mol. The maximum Gasteiger partial charge on any atom is 0.143 e. The number of anilines is 1. The molecule has 0 N–H and O–H groups in total. The van der Waals surface area contributed by atoms with Crippen LogP contribution in [0.4, 0.5) is 5.69 Å². The average Bonchev–Trinajstić information content (AvgIpc) is 2.87. The molecule has 2 nitrogen and oxygen atoms in total. The van der Waals surface area contributed by atoms with Crippen LogP contribution in [-0.4, -0.2) is 20.2 Å². The number of rotatable bonds is 3. The fourth-order valence-corrected chi connectivity index (χ4v) is 1.45. The number of hydrogen-bond donors (Lipinski definition) is 0. The number of benzene rings is 1. The maximum absolute atomic E-state index is 5.86. The van der Waals surface area contributed by atoms with Gasteiger partial charge in [-0.3, -0.25) is 0 Å². The van der Waals surface area contributed by atoms with Crippen LogP contribution in [0.15, 0.2) is 18.2 Å². The highest BCUT2D eigenvalue weighted by molar-refractivity contribution is 5.58. The fourth-order valence-electron chi connectivity index (χ4n) is 1.45. The Morgan fingerprint density at radius 2 is 2.00 bits per heavy atom. The summed E-state index contributed by atoms with van der Waals surface area (Å²) in [6.07, 6.45) is 2.89. The molecule has 0 atom stereocenters. The minimum Gasteiger partial charge on any atom is -0.488 e. The van der Waals surface area contributed by atoms with Gasteiger partial charge in [-0.1, -0.05) is 6.07 Å². The Kier molecular flexibility index (Phi) is 2.36. The molecule has 0 unspecified atom stereocenters. The van der Waals surface area contributed by atoms with E-state index in [1.807, 2.05) is 14.1 Å². The Morgan fingerprint density at radius 1 is 1.29 bits per heavy atom. The molecule has 0 radical (unpaired) electrons. The van der Waals surface area contributed by atoms with E-state index in [1.165, 1.54) is 24.1 Å².